The number of rotatable bonds is 11. The van der Waals surface area contributed by atoms with Crippen LogP contribution in [0.4, 0.5) is 0 Å². The summed E-state index contributed by atoms with van der Waals surface area (Å²) in [4.78, 5) is 25.1. The van der Waals surface area contributed by atoms with Crippen LogP contribution in [-0.2, 0) is 9.59 Å². The number of likely N-dealkylation sites (N-methyl/N-ethyl adjacent to an activating group) is 1. The maximum Gasteiger partial charge on any atom is 0.237 e. The molecule has 0 saturated carbocycles. The molecule has 0 bridgehead atoms. The average Bonchev–Trinajstić information content (AvgIpc) is 2.41. The maximum absolute atomic E-state index is 12.1. The van der Waals surface area contributed by atoms with Gasteiger partial charge in [0.15, 0.2) is 0 Å². The number of amides is 2. The number of nitrogens with one attached hydrogen (secondary N) is 2. The molecular formula is C15H31N3O2. The molecular weight excluding hydrogens is 254 g/mol. The third-order valence-electron chi connectivity index (χ3n) is 3.30. The minimum Gasteiger partial charge on any atom is -0.356 e. The van der Waals surface area contributed by atoms with E-state index in [-0.39, 0.29) is 17.9 Å². The van der Waals surface area contributed by atoms with Gasteiger partial charge in [-0.1, -0.05) is 20.3 Å². The van der Waals surface area contributed by atoms with Gasteiger partial charge >= 0.3 is 0 Å². The number of nitrogens with zero attached hydrogens (tertiary/aromatic N) is 1. The normalized spacial score (nSPS) is 12.2. The van der Waals surface area contributed by atoms with E-state index in [4.69, 9.17) is 0 Å². The van der Waals surface area contributed by atoms with Crippen molar-refractivity contribution in [2.75, 3.05) is 27.2 Å². The summed E-state index contributed by atoms with van der Waals surface area (Å²) in [5, 5.41) is 5.84. The molecule has 0 aromatic heterocycles. The molecule has 0 aliphatic heterocycles. The first kappa shape index (κ1) is 18.9. The summed E-state index contributed by atoms with van der Waals surface area (Å²) in [5.74, 6) is 0.201. The fraction of sp³-hybridized carbons (Fsp3) is 0.867. The van der Waals surface area contributed by atoms with Crippen molar-refractivity contribution in [3.05, 3.63) is 0 Å². The molecule has 0 aliphatic carbocycles. The fourth-order valence-electron chi connectivity index (χ4n) is 1.95. The van der Waals surface area contributed by atoms with Crippen LogP contribution in [0, 0.1) is 0 Å². The van der Waals surface area contributed by atoms with Crippen LogP contribution in [0.1, 0.15) is 52.4 Å². The summed E-state index contributed by atoms with van der Waals surface area (Å²) in [7, 11) is 3.87. The molecule has 0 spiro atoms. The molecule has 5 heteroatoms. The summed E-state index contributed by atoms with van der Waals surface area (Å²) in [6.45, 7) is 5.41. The fourth-order valence-corrected chi connectivity index (χ4v) is 1.95. The van der Waals surface area contributed by atoms with E-state index in [0.717, 1.165) is 38.6 Å². The van der Waals surface area contributed by atoms with Crippen molar-refractivity contribution in [3.8, 4) is 0 Å². The smallest absolute Gasteiger partial charge is 0.237 e. The van der Waals surface area contributed by atoms with Crippen LogP contribution in [0.2, 0.25) is 0 Å². The highest BCUT2D eigenvalue weighted by Crippen LogP contribution is 2.06. The molecule has 0 aliphatic rings. The Hall–Kier alpha value is -1.10. The predicted molar refractivity (Wildman–Crippen MR) is 82.5 cm³/mol. The van der Waals surface area contributed by atoms with Crippen LogP contribution in [0.3, 0.4) is 0 Å². The Bertz CT molecular complexity index is 280. The van der Waals surface area contributed by atoms with E-state index in [1.54, 1.807) is 0 Å². The van der Waals surface area contributed by atoms with Crippen LogP contribution < -0.4 is 10.6 Å². The standard InChI is InChI=1S/C15H31N3O2/c1-5-7-11-17-15(20)13(18(3)4)10-8-9-12-16-14(19)6-2/h13H,5-12H2,1-4H3,(H,16,19)(H,17,20)/t13-/m0/s1. The van der Waals surface area contributed by atoms with Gasteiger partial charge in [0, 0.05) is 19.5 Å². The van der Waals surface area contributed by atoms with Crippen LogP contribution in [-0.4, -0.2) is 49.9 Å². The highest BCUT2D eigenvalue weighted by molar-refractivity contribution is 5.81. The largest absolute Gasteiger partial charge is 0.356 e. The van der Waals surface area contributed by atoms with Gasteiger partial charge in [0.1, 0.15) is 0 Å². The molecule has 2 amide bonds. The molecule has 2 N–H and O–H groups in total. The lowest BCUT2D eigenvalue weighted by Gasteiger charge is -2.23. The zero-order valence-electron chi connectivity index (χ0n) is 13.5. The number of carbonyl (C=O) groups excluding carboxylic acids is 2. The van der Waals surface area contributed by atoms with E-state index in [2.05, 4.69) is 17.6 Å². The Labute approximate surface area is 123 Å². The van der Waals surface area contributed by atoms with Crippen LogP contribution >= 0.6 is 0 Å². The molecule has 0 rings (SSSR count). The van der Waals surface area contributed by atoms with Gasteiger partial charge in [-0.2, -0.15) is 0 Å². The van der Waals surface area contributed by atoms with E-state index in [9.17, 15) is 9.59 Å². The first-order valence-corrected chi connectivity index (χ1v) is 7.73. The molecule has 0 fully saturated rings. The van der Waals surface area contributed by atoms with Gasteiger partial charge in [-0.05, 0) is 39.8 Å². The van der Waals surface area contributed by atoms with Crippen molar-refractivity contribution >= 4 is 11.8 Å². The van der Waals surface area contributed by atoms with Crippen molar-refractivity contribution in [3.63, 3.8) is 0 Å². The molecule has 118 valence electrons. The lowest BCUT2D eigenvalue weighted by atomic mass is 10.1. The van der Waals surface area contributed by atoms with Gasteiger partial charge in [0.05, 0.1) is 6.04 Å². The maximum atomic E-state index is 12.1. The number of hydrogen-bond acceptors (Lipinski definition) is 3. The van der Waals surface area contributed by atoms with E-state index in [1.165, 1.54) is 0 Å². The van der Waals surface area contributed by atoms with Crippen molar-refractivity contribution in [2.24, 2.45) is 0 Å². The zero-order chi connectivity index (χ0) is 15.4. The van der Waals surface area contributed by atoms with Gasteiger partial charge in [-0.25, -0.2) is 0 Å². The number of unbranched alkanes of at least 4 members (excludes halogenated alkanes) is 2. The van der Waals surface area contributed by atoms with Crippen molar-refractivity contribution in [1.82, 2.24) is 15.5 Å². The van der Waals surface area contributed by atoms with Crippen molar-refractivity contribution in [2.45, 2.75) is 58.4 Å². The van der Waals surface area contributed by atoms with Crippen molar-refractivity contribution < 1.29 is 9.59 Å². The first-order chi connectivity index (χ1) is 9.52. The van der Waals surface area contributed by atoms with Gasteiger partial charge in [0.2, 0.25) is 11.8 Å². The Morgan fingerprint density at radius 3 is 2.20 bits per heavy atom. The van der Waals surface area contributed by atoms with E-state index in [0.29, 0.717) is 13.0 Å². The second-order valence-corrected chi connectivity index (χ2v) is 5.32. The predicted octanol–water partition coefficient (Wildman–Crippen LogP) is 1.53. The Kier molecular flexibility index (Phi) is 11.1. The number of carbonyl (C=O) groups is 2. The van der Waals surface area contributed by atoms with Gasteiger partial charge in [-0.3, -0.25) is 14.5 Å². The monoisotopic (exact) mass is 285 g/mol. The molecule has 0 heterocycles. The molecule has 0 aromatic rings. The third-order valence-corrected chi connectivity index (χ3v) is 3.30. The second-order valence-electron chi connectivity index (χ2n) is 5.32. The molecule has 5 nitrogen and oxygen atoms in total. The topological polar surface area (TPSA) is 61.4 Å². The van der Waals surface area contributed by atoms with E-state index < -0.39 is 0 Å². The zero-order valence-corrected chi connectivity index (χ0v) is 13.5. The van der Waals surface area contributed by atoms with Gasteiger partial charge in [-0.15, -0.1) is 0 Å². The Morgan fingerprint density at radius 1 is 1.00 bits per heavy atom. The second kappa shape index (κ2) is 11.7. The minimum atomic E-state index is -0.0752. The molecule has 0 unspecified atom stereocenters. The lowest BCUT2D eigenvalue weighted by molar-refractivity contribution is -0.126. The van der Waals surface area contributed by atoms with E-state index in [1.807, 2.05) is 25.9 Å². The number of hydrogen-bond donors (Lipinski definition) is 2. The van der Waals surface area contributed by atoms with Crippen LogP contribution in [0.5, 0.6) is 0 Å². The Balaban J connectivity index is 3.90. The molecule has 0 saturated heterocycles. The molecule has 1 atom stereocenters. The van der Waals surface area contributed by atoms with Crippen LogP contribution in [0.15, 0.2) is 0 Å². The summed E-state index contributed by atoms with van der Waals surface area (Å²) in [5.41, 5.74) is 0. The Morgan fingerprint density at radius 2 is 1.65 bits per heavy atom. The highest BCUT2D eigenvalue weighted by Gasteiger charge is 2.19. The lowest BCUT2D eigenvalue weighted by Crippen LogP contribution is -2.43. The third kappa shape index (κ3) is 8.91. The summed E-state index contributed by atoms with van der Waals surface area (Å²) in [6.07, 6.45) is 5.32. The molecule has 0 aromatic carbocycles. The van der Waals surface area contributed by atoms with Crippen molar-refractivity contribution in [1.29, 1.82) is 0 Å². The quantitative estimate of drug-likeness (QED) is 0.566. The van der Waals surface area contributed by atoms with E-state index >= 15 is 0 Å². The molecule has 0 radical (unpaired) electrons. The summed E-state index contributed by atoms with van der Waals surface area (Å²) in [6, 6.07) is -0.0752. The molecule has 20 heavy (non-hydrogen) atoms. The SMILES string of the molecule is CCCCNC(=O)[C@H](CCCCNC(=O)CC)N(C)C. The minimum absolute atomic E-state index is 0.0752. The first-order valence-electron chi connectivity index (χ1n) is 7.73. The van der Waals surface area contributed by atoms with Gasteiger partial charge in [0.25, 0.3) is 0 Å². The van der Waals surface area contributed by atoms with Crippen LogP contribution in [0.25, 0.3) is 0 Å². The highest BCUT2D eigenvalue weighted by atomic mass is 16.2. The average molecular weight is 285 g/mol. The summed E-state index contributed by atoms with van der Waals surface area (Å²) < 4.78 is 0. The van der Waals surface area contributed by atoms with Gasteiger partial charge < -0.3 is 10.6 Å². The summed E-state index contributed by atoms with van der Waals surface area (Å²) >= 11 is 0.